The average molecular weight is 250 g/mol. The Bertz CT molecular complexity index is 462. The molecule has 0 unspecified atom stereocenters. The predicted molar refractivity (Wildman–Crippen MR) is 72.1 cm³/mol. The molecule has 0 amide bonds. The molecule has 2 aromatic rings. The van der Waals surface area contributed by atoms with E-state index in [1.165, 1.54) is 10.9 Å². The number of rotatable bonds is 4. The molecule has 17 heavy (non-hydrogen) atoms. The molecular formula is C13H15FN2S. The van der Waals surface area contributed by atoms with Crippen molar-refractivity contribution in [2.75, 3.05) is 24.2 Å². The fraction of sp³-hybridized carbons (Fsp3) is 0.231. The molecule has 0 aliphatic heterocycles. The maximum absolute atomic E-state index is 13.6. The van der Waals surface area contributed by atoms with Crippen molar-refractivity contribution in [2.24, 2.45) is 0 Å². The smallest absolute Gasteiger partial charge is 0.148 e. The first-order valence-corrected chi connectivity index (χ1v) is 6.34. The molecule has 2 rings (SSSR count). The van der Waals surface area contributed by atoms with Gasteiger partial charge >= 0.3 is 0 Å². The molecule has 4 heteroatoms. The van der Waals surface area contributed by atoms with Crippen LogP contribution in [0.25, 0.3) is 0 Å². The Morgan fingerprint density at radius 1 is 1.29 bits per heavy atom. The molecule has 0 saturated carbocycles. The van der Waals surface area contributed by atoms with Crippen LogP contribution in [0.3, 0.4) is 0 Å². The van der Waals surface area contributed by atoms with Crippen LogP contribution in [-0.2, 0) is 6.42 Å². The van der Waals surface area contributed by atoms with Gasteiger partial charge in [0.05, 0.1) is 11.4 Å². The molecule has 0 bridgehead atoms. The van der Waals surface area contributed by atoms with Gasteiger partial charge in [-0.05, 0) is 30.0 Å². The highest BCUT2D eigenvalue weighted by Gasteiger charge is 2.10. The van der Waals surface area contributed by atoms with Crippen LogP contribution in [0.1, 0.15) is 4.88 Å². The summed E-state index contributed by atoms with van der Waals surface area (Å²) in [5.74, 6) is -0.265. The standard InChI is InChI=1S/C13H15FN2S/c1-16(8-7-10-4-3-9-17-10)13-11(14)5-2-6-12(13)15/h2-6,9H,7-8,15H2,1H3. The van der Waals surface area contributed by atoms with Gasteiger partial charge in [0.25, 0.3) is 0 Å². The lowest BCUT2D eigenvalue weighted by Gasteiger charge is -2.21. The number of thiophene rings is 1. The van der Waals surface area contributed by atoms with E-state index in [1.807, 2.05) is 23.4 Å². The SMILES string of the molecule is CN(CCc1cccs1)c1c(N)cccc1F. The van der Waals surface area contributed by atoms with Gasteiger partial charge in [-0.2, -0.15) is 0 Å². The Balaban J connectivity index is 2.07. The van der Waals surface area contributed by atoms with Crippen LogP contribution >= 0.6 is 11.3 Å². The predicted octanol–water partition coefficient (Wildman–Crippen LogP) is 3.15. The van der Waals surface area contributed by atoms with Crippen LogP contribution in [0.5, 0.6) is 0 Å². The van der Waals surface area contributed by atoms with Crippen LogP contribution < -0.4 is 10.6 Å². The van der Waals surface area contributed by atoms with Crippen molar-refractivity contribution in [3.05, 3.63) is 46.4 Å². The van der Waals surface area contributed by atoms with Gasteiger partial charge in [-0.1, -0.05) is 12.1 Å². The lowest BCUT2D eigenvalue weighted by molar-refractivity contribution is 0.623. The van der Waals surface area contributed by atoms with E-state index >= 15 is 0 Å². The number of para-hydroxylation sites is 1. The first-order valence-electron chi connectivity index (χ1n) is 5.46. The Hall–Kier alpha value is -1.55. The molecule has 1 aromatic heterocycles. The van der Waals surface area contributed by atoms with Crippen LogP contribution in [0, 0.1) is 5.82 Å². The van der Waals surface area contributed by atoms with Gasteiger partial charge in [-0.3, -0.25) is 0 Å². The number of nitrogens with zero attached hydrogens (tertiary/aromatic N) is 1. The third-order valence-electron chi connectivity index (χ3n) is 2.67. The highest BCUT2D eigenvalue weighted by atomic mass is 32.1. The van der Waals surface area contributed by atoms with Gasteiger partial charge in [-0.15, -0.1) is 11.3 Å². The van der Waals surface area contributed by atoms with Crippen LogP contribution in [0.15, 0.2) is 35.7 Å². The Kier molecular flexibility index (Phi) is 3.64. The quantitative estimate of drug-likeness (QED) is 0.845. The Morgan fingerprint density at radius 3 is 2.76 bits per heavy atom. The van der Waals surface area contributed by atoms with Gasteiger partial charge in [0.1, 0.15) is 5.82 Å². The van der Waals surface area contributed by atoms with Gasteiger partial charge < -0.3 is 10.6 Å². The summed E-state index contributed by atoms with van der Waals surface area (Å²) >= 11 is 1.72. The molecular weight excluding hydrogens is 235 g/mol. The van der Waals surface area contributed by atoms with E-state index in [1.54, 1.807) is 23.5 Å². The number of likely N-dealkylation sites (N-methyl/N-ethyl adjacent to an activating group) is 1. The van der Waals surface area contributed by atoms with E-state index < -0.39 is 0 Å². The van der Waals surface area contributed by atoms with Gasteiger partial charge in [0.2, 0.25) is 0 Å². The molecule has 0 saturated heterocycles. The Labute approximate surface area is 104 Å². The fourth-order valence-electron chi connectivity index (χ4n) is 1.78. The largest absolute Gasteiger partial charge is 0.397 e. The van der Waals surface area contributed by atoms with E-state index in [4.69, 9.17) is 5.73 Å². The third-order valence-corrected chi connectivity index (χ3v) is 3.61. The first kappa shape index (κ1) is 11.9. The number of nitrogens with two attached hydrogens (primary N) is 1. The summed E-state index contributed by atoms with van der Waals surface area (Å²) in [4.78, 5) is 3.16. The molecule has 0 aliphatic rings. The molecule has 0 fully saturated rings. The fourth-order valence-corrected chi connectivity index (χ4v) is 2.48. The monoisotopic (exact) mass is 250 g/mol. The zero-order valence-corrected chi connectivity index (χ0v) is 10.5. The molecule has 1 heterocycles. The second-order valence-corrected chi connectivity index (χ2v) is 4.96. The van der Waals surface area contributed by atoms with E-state index in [0.717, 1.165) is 13.0 Å². The van der Waals surface area contributed by atoms with Crippen molar-refractivity contribution < 1.29 is 4.39 Å². The molecule has 1 aromatic carbocycles. The number of benzene rings is 1. The summed E-state index contributed by atoms with van der Waals surface area (Å²) in [5, 5.41) is 2.05. The Morgan fingerprint density at radius 2 is 2.12 bits per heavy atom. The normalized spacial score (nSPS) is 10.5. The van der Waals surface area contributed by atoms with Gasteiger partial charge in [0.15, 0.2) is 0 Å². The molecule has 90 valence electrons. The lowest BCUT2D eigenvalue weighted by atomic mass is 10.2. The van der Waals surface area contributed by atoms with E-state index in [9.17, 15) is 4.39 Å². The van der Waals surface area contributed by atoms with Crippen molar-refractivity contribution in [3.8, 4) is 0 Å². The number of hydrogen-bond donors (Lipinski definition) is 1. The molecule has 0 spiro atoms. The summed E-state index contributed by atoms with van der Waals surface area (Å²) < 4.78 is 13.6. The summed E-state index contributed by atoms with van der Waals surface area (Å²) in [5.41, 5.74) is 6.77. The minimum Gasteiger partial charge on any atom is -0.397 e. The minimum atomic E-state index is -0.265. The van der Waals surface area contributed by atoms with Gasteiger partial charge in [0, 0.05) is 18.5 Å². The van der Waals surface area contributed by atoms with E-state index in [2.05, 4.69) is 6.07 Å². The third kappa shape index (κ3) is 2.77. The maximum atomic E-state index is 13.6. The molecule has 2 nitrogen and oxygen atoms in total. The van der Waals surface area contributed by atoms with Crippen LogP contribution in [0.2, 0.25) is 0 Å². The molecule has 0 radical (unpaired) electrons. The van der Waals surface area contributed by atoms with Crippen molar-refractivity contribution in [2.45, 2.75) is 6.42 Å². The first-order chi connectivity index (χ1) is 8.18. The van der Waals surface area contributed by atoms with E-state index in [0.29, 0.717) is 11.4 Å². The number of hydrogen-bond acceptors (Lipinski definition) is 3. The second kappa shape index (κ2) is 5.19. The van der Waals surface area contributed by atoms with Crippen molar-refractivity contribution >= 4 is 22.7 Å². The van der Waals surface area contributed by atoms with Crippen LogP contribution in [-0.4, -0.2) is 13.6 Å². The number of nitrogen functional groups attached to an aromatic ring is 1. The van der Waals surface area contributed by atoms with Crippen LogP contribution in [0.4, 0.5) is 15.8 Å². The summed E-state index contributed by atoms with van der Waals surface area (Å²) in [6, 6.07) is 8.90. The lowest BCUT2D eigenvalue weighted by Crippen LogP contribution is -2.22. The topological polar surface area (TPSA) is 29.3 Å². The number of halogens is 1. The molecule has 0 atom stereocenters. The van der Waals surface area contributed by atoms with Crippen molar-refractivity contribution in [1.29, 1.82) is 0 Å². The highest BCUT2D eigenvalue weighted by molar-refractivity contribution is 7.09. The summed E-state index contributed by atoms with van der Waals surface area (Å²) in [6.07, 6.45) is 0.905. The summed E-state index contributed by atoms with van der Waals surface area (Å²) in [7, 11) is 1.86. The minimum absolute atomic E-state index is 0.265. The van der Waals surface area contributed by atoms with Crippen molar-refractivity contribution in [3.63, 3.8) is 0 Å². The molecule has 0 aliphatic carbocycles. The van der Waals surface area contributed by atoms with Gasteiger partial charge in [-0.25, -0.2) is 4.39 Å². The maximum Gasteiger partial charge on any atom is 0.148 e. The zero-order chi connectivity index (χ0) is 12.3. The zero-order valence-electron chi connectivity index (χ0n) is 9.69. The molecule has 2 N–H and O–H groups in total. The highest BCUT2D eigenvalue weighted by Crippen LogP contribution is 2.25. The average Bonchev–Trinajstić information content (AvgIpc) is 2.79. The summed E-state index contributed by atoms with van der Waals surface area (Å²) in [6.45, 7) is 0.756. The van der Waals surface area contributed by atoms with Crippen molar-refractivity contribution in [1.82, 2.24) is 0 Å². The number of anilines is 2. The second-order valence-electron chi connectivity index (χ2n) is 3.93. The van der Waals surface area contributed by atoms with E-state index in [-0.39, 0.29) is 5.82 Å².